The number of hydrogen-bond acceptors (Lipinski definition) is 4. The molecule has 0 aliphatic heterocycles. The number of halogens is 4. The third-order valence-electron chi connectivity index (χ3n) is 2.58. The highest BCUT2D eigenvalue weighted by Gasteiger charge is 2.38. The molecule has 0 aromatic heterocycles. The van der Waals surface area contributed by atoms with Crippen molar-refractivity contribution >= 4 is 58.5 Å². The van der Waals surface area contributed by atoms with Crippen LogP contribution < -0.4 is 5.32 Å². The molecule has 0 heterocycles. The Hall–Kier alpha value is -0.880. The number of esters is 1. The Kier molecular flexibility index (Phi) is 8.26. The summed E-state index contributed by atoms with van der Waals surface area (Å²) in [7, 11) is 0. The molecular formula is C14H15Cl4NO4. The molecule has 1 N–H and O–H groups in total. The van der Waals surface area contributed by atoms with Gasteiger partial charge in [0.15, 0.2) is 0 Å². The van der Waals surface area contributed by atoms with Gasteiger partial charge in [-0.25, -0.2) is 9.59 Å². The van der Waals surface area contributed by atoms with Crippen LogP contribution >= 0.6 is 46.4 Å². The minimum absolute atomic E-state index is 0.190. The van der Waals surface area contributed by atoms with Gasteiger partial charge in [-0.05, 0) is 30.7 Å². The lowest BCUT2D eigenvalue weighted by molar-refractivity contribution is 0.0216. The van der Waals surface area contributed by atoms with Gasteiger partial charge in [-0.2, -0.15) is 0 Å². The van der Waals surface area contributed by atoms with Crippen molar-refractivity contribution in [1.29, 1.82) is 0 Å². The topological polar surface area (TPSA) is 64.6 Å². The fourth-order valence-electron chi connectivity index (χ4n) is 1.40. The first-order valence-electron chi connectivity index (χ1n) is 6.70. The Morgan fingerprint density at radius 1 is 1.22 bits per heavy atom. The Bertz CT molecular complexity index is 531. The van der Waals surface area contributed by atoms with Gasteiger partial charge in [-0.3, -0.25) is 5.32 Å². The zero-order chi connectivity index (χ0) is 17.5. The standard InChI is InChI=1S/C14H15Cl4NO4/c1-2-3-8-22-13(21)19-12(14(16,17)18)23-11(20)9-4-6-10(15)7-5-9/h4-7,12H,2-3,8H2,1H3,(H,19,21)/t12-/m0/s1. The van der Waals surface area contributed by atoms with Gasteiger partial charge in [0.2, 0.25) is 10.0 Å². The number of unbranched alkanes of at least 4 members (excludes halogenated alkanes) is 1. The van der Waals surface area contributed by atoms with Crippen molar-refractivity contribution in [2.24, 2.45) is 0 Å². The number of rotatable bonds is 6. The fourth-order valence-corrected chi connectivity index (χ4v) is 1.82. The van der Waals surface area contributed by atoms with E-state index >= 15 is 0 Å². The zero-order valence-corrected chi connectivity index (χ0v) is 15.2. The molecule has 0 unspecified atom stereocenters. The monoisotopic (exact) mass is 401 g/mol. The minimum Gasteiger partial charge on any atom is -0.449 e. The van der Waals surface area contributed by atoms with Crippen LogP contribution in [-0.4, -0.2) is 28.7 Å². The maximum absolute atomic E-state index is 12.0. The predicted octanol–water partition coefficient (Wildman–Crippen LogP) is 4.72. The molecule has 1 rings (SSSR count). The molecule has 5 nitrogen and oxygen atoms in total. The Labute approximate surface area is 154 Å². The number of nitrogens with one attached hydrogen (secondary N) is 1. The summed E-state index contributed by atoms with van der Waals surface area (Å²) in [5, 5.41) is 2.66. The lowest BCUT2D eigenvalue weighted by Gasteiger charge is -2.24. The number of alkyl halides is 3. The number of carbonyl (C=O) groups is 2. The average molecular weight is 403 g/mol. The molecule has 1 aromatic rings. The summed E-state index contributed by atoms with van der Waals surface area (Å²) in [6.07, 6.45) is -0.813. The van der Waals surface area contributed by atoms with Gasteiger partial charge < -0.3 is 9.47 Å². The van der Waals surface area contributed by atoms with Crippen LogP contribution in [0.15, 0.2) is 24.3 Å². The molecule has 0 aliphatic carbocycles. The largest absolute Gasteiger partial charge is 0.449 e. The first kappa shape index (κ1) is 20.2. The molecule has 9 heteroatoms. The molecule has 0 radical (unpaired) electrons. The minimum atomic E-state index is -2.06. The number of benzene rings is 1. The Balaban J connectivity index is 2.69. The number of carbonyl (C=O) groups excluding carboxylic acids is 2. The molecule has 23 heavy (non-hydrogen) atoms. The summed E-state index contributed by atoms with van der Waals surface area (Å²) in [5.74, 6) is -0.785. The fraction of sp³-hybridized carbons (Fsp3) is 0.429. The van der Waals surface area contributed by atoms with Crippen LogP contribution in [-0.2, 0) is 9.47 Å². The summed E-state index contributed by atoms with van der Waals surface area (Å²) >= 11 is 22.9. The zero-order valence-electron chi connectivity index (χ0n) is 12.2. The van der Waals surface area contributed by atoms with Crippen molar-refractivity contribution in [2.75, 3.05) is 6.61 Å². The van der Waals surface area contributed by atoms with Gasteiger partial charge in [0.05, 0.1) is 12.2 Å². The van der Waals surface area contributed by atoms with Crippen molar-refractivity contribution in [3.63, 3.8) is 0 Å². The summed E-state index contributed by atoms with van der Waals surface area (Å²) in [6, 6.07) is 5.91. The SMILES string of the molecule is CCCCOC(=O)N[C@@H](OC(=O)c1ccc(Cl)cc1)C(Cl)(Cl)Cl. The molecular weight excluding hydrogens is 388 g/mol. The second-order valence-corrected chi connectivity index (χ2v) is 7.27. The van der Waals surface area contributed by atoms with Gasteiger partial charge in [0, 0.05) is 5.02 Å². The second kappa shape index (κ2) is 9.42. The van der Waals surface area contributed by atoms with Gasteiger partial charge in [0.1, 0.15) is 0 Å². The van der Waals surface area contributed by atoms with Crippen molar-refractivity contribution in [2.45, 2.75) is 29.8 Å². The summed E-state index contributed by atoms with van der Waals surface area (Å²) in [5.41, 5.74) is 0.190. The van der Waals surface area contributed by atoms with Crippen molar-refractivity contribution in [3.8, 4) is 0 Å². The molecule has 128 valence electrons. The number of alkyl carbamates (subject to hydrolysis) is 1. The third-order valence-corrected chi connectivity index (χ3v) is 3.43. The van der Waals surface area contributed by atoms with E-state index in [4.69, 9.17) is 55.9 Å². The maximum Gasteiger partial charge on any atom is 0.410 e. The predicted molar refractivity (Wildman–Crippen MR) is 90.3 cm³/mol. The number of amides is 1. The summed E-state index contributed by atoms with van der Waals surface area (Å²) in [6.45, 7) is 2.15. The van der Waals surface area contributed by atoms with E-state index in [1.165, 1.54) is 24.3 Å². The third kappa shape index (κ3) is 7.48. The highest BCUT2D eigenvalue weighted by molar-refractivity contribution is 6.68. The lowest BCUT2D eigenvalue weighted by Crippen LogP contribution is -2.47. The smallest absolute Gasteiger partial charge is 0.410 e. The average Bonchev–Trinajstić information content (AvgIpc) is 2.46. The molecule has 0 aliphatic rings. The van der Waals surface area contributed by atoms with Crippen molar-refractivity contribution in [1.82, 2.24) is 5.32 Å². The van der Waals surface area contributed by atoms with Crippen molar-refractivity contribution < 1.29 is 19.1 Å². The van der Waals surface area contributed by atoms with Crippen LogP contribution in [0.4, 0.5) is 4.79 Å². The molecule has 0 saturated heterocycles. The first-order valence-corrected chi connectivity index (χ1v) is 8.21. The highest BCUT2D eigenvalue weighted by Crippen LogP contribution is 2.31. The molecule has 0 bridgehead atoms. The quantitative estimate of drug-likeness (QED) is 0.323. The van der Waals surface area contributed by atoms with Crippen LogP contribution in [0.2, 0.25) is 5.02 Å². The Morgan fingerprint density at radius 2 is 1.83 bits per heavy atom. The summed E-state index contributed by atoms with van der Waals surface area (Å²) < 4.78 is 7.84. The lowest BCUT2D eigenvalue weighted by atomic mass is 10.2. The van der Waals surface area contributed by atoms with E-state index in [2.05, 4.69) is 5.32 Å². The van der Waals surface area contributed by atoms with Crippen LogP contribution in [0, 0.1) is 0 Å². The second-order valence-electron chi connectivity index (χ2n) is 4.47. The maximum atomic E-state index is 12.0. The van der Waals surface area contributed by atoms with E-state index in [0.29, 0.717) is 11.4 Å². The van der Waals surface area contributed by atoms with Gasteiger partial charge in [-0.15, -0.1) is 0 Å². The molecule has 0 saturated carbocycles. The number of hydrogen-bond donors (Lipinski definition) is 1. The van der Waals surface area contributed by atoms with Gasteiger partial charge in [0.25, 0.3) is 0 Å². The van der Waals surface area contributed by atoms with E-state index in [-0.39, 0.29) is 12.2 Å². The highest BCUT2D eigenvalue weighted by atomic mass is 35.6. The van der Waals surface area contributed by atoms with E-state index < -0.39 is 22.1 Å². The molecule has 1 amide bonds. The van der Waals surface area contributed by atoms with Crippen LogP contribution in [0.1, 0.15) is 30.1 Å². The van der Waals surface area contributed by atoms with Gasteiger partial charge in [-0.1, -0.05) is 59.7 Å². The number of ether oxygens (including phenoxy) is 2. The van der Waals surface area contributed by atoms with E-state index in [9.17, 15) is 9.59 Å². The van der Waals surface area contributed by atoms with Crippen LogP contribution in [0.5, 0.6) is 0 Å². The van der Waals surface area contributed by atoms with Crippen LogP contribution in [0.25, 0.3) is 0 Å². The molecule has 0 spiro atoms. The molecule has 1 atom stereocenters. The molecule has 0 fully saturated rings. The summed E-state index contributed by atoms with van der Waals surface area (Å²) in [4.78, 5) is 23.6. The van der Waals surface area contributed by atoms with E-state index in [1.54, 1.807) is 0 Å². The van der Waals surface area contributed by atoms with E-state index in [0.717, 1.165) is 6.42 Å². The van der Waals surface area contributed by atoms with Crippen molar-refractivity contribution in [3.05, 3.63) is 34.9 Å². The van der Waals surface area contributed by atoms with Crippen LogP contribution in [0.3, 0.4) is 0 Å². The Morgan fingerprint density at radius 3 is 2.35 bits per heavy atom. The first-order chi connectivity index (χ1) is 10.7. The van der Waals surface area contributed by atoms with E-state index in [1.807, 2.05) is 6.92 Å². The molecule has 1 aromatic carbocycles. The van der Waals surface area contributed by atoms with Gasteiger partial charge >= 0.3 is 12.1 Å². The normalized spacial score (nSPS) is 12.4.